The summed E-state index contributed by atoms with van der Waals surface area (Å²) in [5.74, 6) is 0.708. The Labute approximate surface area is 125 Å². The van der Waals surface area contributed by atoms with Crippen molar-refractivity contribution in [1.82, 2.24) is 5.32 Å². The lowest BCUT2D eigenvalue weighted by Gasteiger charge is -2.11. The summed E-state index contributed by atoms with van der Waals surface area (Å²) in [5.41, 5.74) is 4.57. The van der Waals surface area contributed by atoms with Crippen LogP contribution in [0.3, 0.4) is 0 Å². The molecule has 1 aliphatic carbocycles. The van der Waals surface area contributed by atoms with Gasteiger partial charge in [-0.3, -0.25) is 4.79 Å². The SMILES string of the molecule is CNC(=O)c1ccc(NCc2ccccc2C2CC2)cc1. The van der Waals surface area contributed by atoms with E-state index in [4.69, 9.17) is 0 Å². The van der Waals surface area contributed by atoms with Crippen molar-refractivity contribution in [1.29, 1.82) is 0 Å². The normalized spacial score (nSPS) is 13.8. The molecular formula is C18H20N2O. The van der Waals surface area contributed by atoms with Gasteiger partial charge in [-0.2, -0.15) is 0 Å². The van der Waals surface area contributed by atoms with Crippen LogP contribution in [0.1, 0.15) is 40.2 Å². The summed E-state index contributed by atoms with van der Waals surface area (Å²) >= 11 is 0. The van der Waals surface area contributed by atoms with E-state index in [2.05, 4.69) is 34.9 Å². The van der Waals surface area contributed by atoms with Crippen molar-refractivity contribution in [3.05, 3.63) is 65.2 Å². The molecular weight excluding hydrogens is 260 g/mol. The summed E-state index contributed by atoms with van der Waals surface area (Å²) < 4.78 is 0. The molecule has 0 heterocycles. The largest absolute Gasteiger partial charge is 0.381 e. The zero-order chi connectivity index (χ0) is 14.7. The van der Waals surface area contributed by atoms with E-state index in [1.807, 2.05) is 24.3 Å². The number of benzene rings is 2. The fourth-order valence-corrected chi connectivity index (χ4v) is 2.57. The Bertz CT molecular complexity index is 630. The summed E-state index contributed by atoms with van der Waals surface area (Å²) in [6, 6.07) is 16.2. The summed E-state index contributed by atoms with van der Waals surface area (Å²) in [6.07, 6.45) is 2.63. The van der Waals surface area contributed by atoms with E-state index >= 15 is 0 Å². The molecule has 0 saturated heterocycles. The molecule has 0 unspecified atom stereocenters. The molecule has 1 amide bonds. The highest BCUT2D eigenvalue weighted by Gasteiger charge is 2.25. The number of anilines is 1. The molecule has 21 heavy (non-hydrogen) atoms. The van der Waals surface area contributed by atoms with Crippen molar-refractivity contribution in [2.75, 3.05) is 12.4 Å². The maximum absolute atomic E-state index is 11.5. The Hall–Kier alpha value is -2.29. The highest BCUT2D eigenvalue weighted by molar-refractivity contribution is 5.94. The zero-order valence-corrected chi connectivity index (χ0v) is 12.2. The quantitative estimate of drug-likeness (QED) is 0.879. The highest BCUT2D eigenvalue weighted by atomic mass is 16.1. The van der Waals surface area contributed by atoms with E-state index in [-0.39, 0.29) is 5.91 Å². The third-order valence-electron chi connectivity index (χ3n) is 3.93. The van der Waals surface area contributed by atoms with Crippen LogP contribution in [0.15, 0.2) is 48.5 Å². The van der Waals surface area contributed by atoms with Crippen molar-refractivity contribution < 1.29 is 4.79 Å². The maximum atomic E-state index is 11.5. The van der Waals surface area contributed by atoms with Gasteiger partial charge in [0.2, 0.25) is 0 Å². The number of hydrogen-bond donors (Lipinski definition) is 2. The number of amides is 1. The minimum atomic E-state index is -0.0550. The minimum Gasteiger partial charge on any atom is -0.381 e. The second-order valence-corrected chi connectivity index (χ2v) is 5.48. The zero-order valence-electron chi connectivity index (χ0n) is 12.2. The highest BCUT2D eigenvalue weighted by Crippen LogP contribution is 2.41. The Balaban J connectivity index is 1.66. The van der Waals surface area contributed by atoms with Crippen LogP contribution in [-0.4, -0.2) is 13.0 Å². The fourth-order valence-electron chi connectivity index (χ4n) is 2.57. The van der Waals surface area contributed by atoms with Gasteiger partial charge in [0.1, 0.15) is 0 Å². The van der Waals surface area contributed by atoms with Crippen LogP contribution in [-0.2, 0) is 6.54 Å². The summed E-state index contributed by atoms with van der Waals surface area (Å²) in [6.45, 7) is 0.825. The molecule has 0 radical (unpaired) electrons. The summed E-state index contributed by atoms with van der Waals surface area (Å²) in [4.78, 5) is 11.5. The number of rotatable bonds is 5. The molecule has 0 spiro atoms. The van der Waals surface area contributed by atoms with E-state index in [9.17, 15) is 4.79 Å². The van der Waals surface area contributed by atoms with Gasteiger partial charge >= 0.3 is 0 Å². The molecule has 3 heteroatoms. The standard InChI is InChI=1S/C18H20N2O/c1-19-18(21)14-8-10-16(11-9-14)20-12-15-4-2-3-5-17(15)13-6-7-13/h2-5,8-11,13,20H,6-7,12H2,1H3,(H,19,21). The fraction of sp³-hybridized carbons (Fsp3) is 0.278. The first-order valence-corrected chi connectivity index (χ1v) is 7.42. The van der Waals surface area contributed by atoms with Crippen molar-refractivity contribution in [3.8, 4) is 0 Å². The Morgan fingerprint density at radius 3 is 2.48 bits per heavy atom. The molecule has 2 aromatic carbocycles. The van der Waals surface area contributed by atoms with Gasteiger partial charge in [0, 0.05) is 24.8 Å². The minimum absolute atomic E-state index is 0.0550. The van der Waals surface area contributed by atoms with Gasteiger partial charge in [-0.25, -0.2) is 0 Å². The van der Waals surface area contributed by atoms with E-state index in [0.29, 0.717) is 5.56 Å². The van der Waals surface area contributed by atoms with Crippen molar-refractivity contribution >= 4 is 11.6 Å². The molecule has 108 valence electrons. The average Bonchev–Trinajstić information content (AvgIpc) is 3.38. The Morgan fingerprint density at radius 1 is 1.10 bits per heavy atom. The number of carbonyl (C=O) groups excluding carboxylic acids is 1. The lowest BCUT2D eigenvalue weighted by atomic mass is 10.0. The van der Waals surface area contributed by atoms with Gasteiger partial charge in [-0.05, 0) is 54.2 Å². The molecule has 1 fully saturated rings. The molecule has 0 atom stereocenters. The van der Waals surface area contributed by atoms with Crippen molar-refractivity contribution in [2.24, 2.45) is 0 Å². The van der Waals surface area contributed by atoms with Crippen molar-refractivity contribution in [2.45, 2.75) is 25.3 Å². The summed E-state index contributed by atoms with van der Waals surface area (Å²) in [7, 11) is 1.64. The Morgan fingerprint density at radius 2 is 1.81 bits per heavy atom. The topological polar surface area (TPSA) is 41.1 Å². The monoisotopic (exact) mass is 280 g/mol. The van der Waals surface area contributed by atoms with Crippen LogP contribution < -0.4 is 10.6 Å². The average molecular weight is 280 g/mol. The van der Waals surface area contributed by atoms with E-state index < -0.39 is 0 Å². The van der Waals surface area contributed by atoms with Crippen LogP contribution in [0.2, 0.25) is 0 Å². The van der Waals surface area contributed by atoms with Crippen LogP contribution in [0, 0.1) is 0 Å². The van der Waals surface area contributed by atoms with E-state index in [0.717, 1.165) is 18.2 Å². The van der Waals surface area contributed by atoms with Crippen LogP contribution in [0.5, 0.6) is 0 Å². The van der Waals surface area contributed by atoms with Gasteiger partial charge in [-0.15, -0.1) is 0 Å². The van der Waals surface area contributed by atoms with Gasteiger partial charge in [0.15, 0.2) is 0 Å². The first-order valence-electron chi connectivity index (χ1n) is 7.42. The number of carbonyl (C=O) groups is 1. The molecule has 3 rings (SSSR count). The summed E-state index contributed by atoms with van der Waals surface area (Å²) in [5, 5.41) is 6.06. The van der Waals surface area contributed by atoms with Crippen LogP contribution in [0.4, 0.5) is 5.69 Å². The van der Waals surface area contributed by atoms with E-state index in [1.54, 1.807) is 7.05 Å². The Kier molecular flexibility index (Phi) is 3.91. The number of hydrogen-bond acceptors (Lipinski definition) is 2. The molecule has 1 saturated carbocycles. The second-order valence-electron chi connectivity index (χ2n) is 5.48. The maximum Gasteiger partial charge on any atom is 0.251 e. The third kappa shape index (κ3) is 3.24. The molecule has 0 aliphatic heterocycles. The van der Waals surface area contributed by atoms with Gasteiger partial charge < -0.3 is 10.6 Å². The van der Waals surface area contributed by atoms with Gasteiger partial charge in [0.05, 0.1) is 0 Å². The van der Waals surface area contributed by atoms with Crippen LogP contribution >= 0.6 is 0 Å². The lowest BCUT2D eigenvalue weighted by Crippen LogP contribution is -2.17. The first kappa shape index (κ1) is 13.7. The lowest BCUT2D eigenvalue weighted by molar-refractivity contribution is 0.0963. The van der Waals surface area contributed by atoms with Gasteiger partial charge in [0.25, 0.3) is 5.91 Å². The molecule has 3 nitrogen and oxygen atoms in total. The second kappa shape index (κ2) is 6.00. The molecule has 0 aromatic heterocycles. The predicted octanol–water partition coefficient (Wildman–Crippen LogP) is 3.54. The molecule has 1 aliphatic rings. The first-order chi connectivity index (χ1) is 10.3. The van der Waals surface area contributed by atoms with Gasteiger partial charge in [-0.1, -0.05) is 24.3 Å². The number of nitrogens with one attached hydrogen (secondary N) is 2. The third-order valence-corrected chi connectivity index (χ3v) is 3.93. The molecule has 2 N–H and O–H groups in total. The molecule has 0 bridgehead atoms. The smallest absolute Gasteiger partial charge is 0.251 e. The molecule has 2 aromatic rings. The van der Waals surface area contributed by atoms with Crippen molar-refractivity contribution in [3.63, 3.8) is 0 Å². The van der Waals surface area contributed by atoms with Crippen LogP contribution in [0.25, 0.3) is 0 Å². The predicted molar refractivity (Wildman–Crippen MR) is 85.6 cm³/mol. The van der Waals surface area contributed by atoms with E-state index in [1.165, 1.54) is 24.0 Å².